The number of nitro groups is 1. The van der Waals surface area contributed by atoms with Gasteiger partial charge in [0.2, 0.25) is 0 Å². The van der Waals surface area contributed by atoms with Gasteiger partial charge >= 0.3 is 0 Å². The van der Waals surface area contributed by atoms with Gasteiger partial charge in [0.05, 0.1) is 16.7 Å². The zero-order valence-electron chi connectivity index (χ0n) is 11.0. The molecule has 0 saturated heterocycles. The fraction of sp³-hybridized carbons (Fsp3) is 0.615. The van der Waals surface area contributed by atoms with Crippen molar-refractivity contribution in [1.29, 1.82) is 0 Å². The zero-order valence-corrected chi connectivity index (χ0v) is 11.0. The Bertz CT molecular complexity index is 558. The summed E-state index contributed by atoms with van der Waals surface area (Å²) in [5, 5.41) is 23.5. The number of hydrogen-bond donors (Lipinski definition) is 2. The number of carbonyl (C=O) groups is 1. The molecular weight excluding hydrogens is 262 g/mol. The van der Waals surface area contributed by atoms with Gasteiger partial charge in [-0.2, -0.15) is 0 Å². The molecule has 1 amide bonds. The first-order valence-electron chi connectivity index (χ1n) is 6.85. The average molecular weight is 279 g/mol. The molecule has 0 radical (unpaired) electrons. The number of hydrogen-bond acceptors (Lipinski definition) is 4. The van der Waals surface area contributed by atoms with Crippen LogP contribution in [0.3, 0.4) is 0 Å². The maximum absolute atomic E-state index is 12.2. The molecule has 2 aliphatic rings. The van der Waals surface area contributed by atoms with E-state index in [1.807, 2.05) is 0 Å². The quantitative estimate of drug-likeness (QED) is 0.628. The first-order valence-corrected chi connectivity index (χ1v) is 6.85. The average Bonchev–Trinajstić information content (AvgIpc) is 3.12. The summed E-state index contributed by atoms with van der Waals surface area (Å²) in [6, 6.07) is 1.50. The standard InChI is InChI=1S/C13H17N3O4/c17-12(14-8-13(18)4-1-5-13)11-6-10(16(19)20)7-15(11)9-2-3-9/h6-7,9,18H,1-5,8H2,(H,14,17). The van der Waals surface area contributed by atoms with Crippen LogP contribution in [0.4, 0.5) is 5.69 Å². The molecule has 0 aliphatic heterocycles. The lowest BCUT2D eigenvalue weighted by Gasteiger charge is -2.36. The minimum atomic E-state index is -0.793. The second-order valence-electron chi connectivity index (χ2n) is 5.74. The van der Waals surface area contributed by atoms with Crippen LogP contribution in [0.1, 0.15) is 48.6 Å². The van der Waals surface area contributed by atoms with E-state index in [0.717, 1.165) is 19.3 Å². The van der Waals surface area contributed by atoms with E-state index >= 15 is 0 Å². The number of carbonyl (C=O) groups excluding carboxylic acids is 1. The second kappa shape index (κ2) is 4.59. The molecule has 2 aliphatic carbocycles. The highest BCUT2D eigenvalue weighted by molar-refractivity contribution is 5.93. The van der Waals surface area contributed by atoms with Crippen LogP contribution in [0.25, 0.3) is 0 Å². The van der Waals surface area contributed by atoms with Crippen molar-refractivity contribution in [2.75, 3.05) is 6.54 Å². The van der Waals surface area contributed by atoms with Gasteiger partial charge in [-0.05, 0) is 32.1 Å². The van der Waals surface area contributed by atoms with Gasteiger partial charge in [-0.25, -0.2) is 0 Å². The number of aromatic nitrogens is 1. The van der Waals surface area contributed by atoms with E-state index in [0.29, 0.717) is 18.5 Å². The first-order chi connectivity index (χ1) is 9.48. The molecule has 20 heavy (non-hydrogen) atoms. The van der Waals surface area contributed by atoms with Crippen LogP contribution in [-0.4, -0.2) is 32.6 Å². The summed E-state index contributed by atoms with van der Waals surface area (Å²) in [7, 11) is 0. The summed E-state index contributed by atoms with van der Waals surface area (Å²) in [6.07, 6.45) is 5.65. The number of nitrogens with one attached hydrogen (secondary N) is 1. The normalized spacial score (nSPS) is 20.2. The van der Waals surface area contributed by atoms with E-state index in [2.05, 4.69) is 5.32 Å². The van der Waals surface area contributed by atoms with Crippen molar-refractivity contribution in [1.82, 2.24) is 9.88 Å². The molecule has 2 N–H and O–H groups in total. The molecule has 0 spiro atoms. The molecule has 0 bridgehead atoms. The van der Waals surface area contributed by atoms with E-state index in [1.165, 1.54) is 12.3 Å². The van der Waals surface area contributed by atoms with Crippen LogP contribution >= 0.6 is 0 Å². The maximum Gasteiger partial charge on any atom is 0.287 e. The Labute approximate surface area is 115 Å². The van der Waals surface area contributed by atoms with Gasteiger partial charge in [0.25, 0.3) is 11.6 Å². The molecule has 0 aromatic carbocycles. The molecule has 3 rings (SSSR count). The molecule has 1 heterocycles. The number of aliphatic hydroxyl groups is 1. The Morgan fingerprint density at radius 3 is 2.75 bits per heavy atom. The predicted molar refractivity (Wildman–Crippen MR) is 70.5 cm³/mol. The lowest BCUT2D eigenvalue weighted by atomic mass is 9.80. The number of rotatable bonds is 5. The van der Waals surface area contributed by atoms with Crippen molar-refractivity contribution in [3.63, 3.8) is 0 Å². The molecule has 0 atom stereocenters. The van der Waals surface area contributed by atoms with Crippen LogP contribution < -0.4 is 5.32 Å². The van der Waals surface area contributed by atoms with E-state index in [1.54, 1.807) is 4.57 Å². The Balaban J connectivity index is 1.74. The third-order valence-electron chi connectivity index (χ3n) is 4.08. The molecule has 7 nitrogen and oxygen atoms in total. The summed E-state index contributed by atoms with van der Waals surface area (Å²) in [6.45, 7) is 0.204. The highest BCUT2D eigenvalue weighted by Crippen LogP contribution is 2.38. The van der Waals surface area contributed by atoms with Gasteiger partial charge in [-0.15, -0.1) is 0 Å². The Morgan fingerprint density at radius 2 is 2.25 bits per heavy atom. The Morgan fingerprint density at radius 1 is 1.55 bits per heavy atom. The number of nitrogens with zero attached hydrogens (tertiary/aromatic N) is 2. The highest BCUT2D eigenvalue weighted by atomic mass is 16.6. The van der Waals surface area contributed by atoms with Gasteiger partial charge in [0.15, 0.2) is 0 Å². The smallest absolute Gasteiger partial charge is 0.287 e. The van der Waals surface area contributed by atoms with E-state index in [-0.39, 0.29) is 24.2 Å². The van der Waals surface area contributed by atoms with Crippen molar-refractivity contribution < 1.29 is 14.8 Å². The molecule has 1 aromatic rings. The second-order valence-corrected chi connectivity index (χ2v) is 5.74. The fourth-order valence-electron chi connectivity index (χ4n) is 2.50. The van der Waals surface area contributed by atoms with Gasteiger partial charge < -0.3 is 15.0 Å². The minimum Gasteiger partial charge on any atom is -0.388 e. The van der Waals surface area contributed by atoms with Gasteiger partial charge in [-0.1, -0.05) is 0 Å². The largest absolute Gasteiger partial charge is 0.388 e. The Hall–Kier alpha value is -1.89. The number of amides is 1. The van der Waals surface area contributed by atoms with Crippen LogP contribution in [0.2, 0.25) is 0 Å². The van der Waals surface area contributed by atoms with Crippen molar-refractivity contribution in [2.24, 2.45) is 0 Å². The van der Waals surface area contributed by atoms with Crippen LogP contribution in [0.5, 0.6) is 0 Å². The third kappa shape index (κ3) is 2.40. The molecule has 2 saturated carbocycles. The summed E-state index contributed by atoms with van der Waals surface area (Å²) >= 11 is 0. The van der Waals surface area contributed by atoms with Gasteiger partial charge in [0, 0.05) is 18.7 Å². The van der Waals surface area contributed by atoms with E-state index in [4.69, 9.17) is 0 Å². The summed E-state index contributed by atoms with van der Waals surface area (Å²) in [5.41, 5.74) is -0.551. The van der Waals surface area contributed by atoms with Crippen molar-refractivity contribution in [2.45, 2.75) is 43.7 Å². The molecule has 1 aromatic heterocycles. The molecule has 108 valence electrons. The van der Waals surface area contributed by atoms with Crippen molar-refractivity contribution >= 4 is 11.6 Å². The van der Waals surface area contributed by atoms with Crippen LogP contribution in [0, 0.1) is 10.1 Å². The molecular formula is C13H17N3O4. The summed E-state index contributed by atoms with van der Waals surface area (Å²) in [5.74, 6) is -0.356. The predicted octanol–water partition coefficient (Wildman–Crippen LogP) is 1.38. The SMILES string of the molecule is O=C(NCC1(O)CCC1)c1cc([N+](=O)[O-])cn1C1CC1. The zero-order chi connectivity index (χ0) is 14.3. The topological polar surface area (TPSA) is 97.4 Å². The minimum absolute atomic E-state index is 0.0654. The maximum atomic E-state index is 12.2. The summed E-state index contributed by atoms with van der Waals surface area (Å²) in [4.78, 5) is 22.5. The Kier molecular flexibility index (Phi) is 3.01. The first kappa shape index (κ1) is 13.1. The highest BCUT2D eigenvalue weighted by Gasteiger charge is 2.35. The fourth-order valence-corrected chi connectivity index (χ4v) is 2.50. The molecule has 0 unspecified atom stereocenters. The van der Waals surface area contributed by atoms with E-state index < -0.39 is 10.5 Å². The van der Waals surface area contributed by atoms with Gasteiger partial charge in [0.1, 0.15) is 5.69 Å². The lowest BCUT2D eigenvalue weighted by Crippen LogP contribution is -2.48. The monoisotopic (exact) mass is 279 g/mol. The van der Waals surface area contributed by atoms with Gasteiger partial charge in [-0.3, -0.25) is 14.9 Å². The van der Waals surface area contributed by atoms with Crippen LogP contribution in [-0.2, 0) is 0 Å². The van der Waals surface area contributed by atoms with Crippen molar-refractivity contribution in [3.8, 4) is 0 Å². The molecule has 7 heteroatoms. The van der Waals surface area contributed by atoms with E-state index in [9.17, 15) is 20.0 Å². The summed E-state index contributed by atoms with van der Waals surface area (Å²) < 4.78 is 1.68. The molecule has 2 fully saturated rings. The lowest BCUT2D eigenvalue weighted by molar-refractivity contribution is -0.384. The van der Waals surface area contributed by atoms with Crippen molar-refractivity contribution in [3.05, 3.63) is 28.1 Å². The third-order valence-corrected chi connectivity index (χ3v) is 4.08. The van der Waals surface area contributed by atoms with Crippen LogP contribution in [0.15, 0.2) is 12.3 Å².